The molecule has 2 aromatic heterocycles. The van der Waals surface area contributed by atoms with Crippen molar-refractivity contribution in [2.24, 2.45) is 0 Å². The molecule has 150 valence electrons. The summed E-state index contributed by atoms with van der Waals surface area (Å²) in [4.78, 5) is 19.6. The maximum atomic E-state index is 12.8. The van der Waals surface area contributed by atoms with Crippen molar-refractivity contribution < 1.29 is 4.79 Å². The zero-order valence-electron chi connectivity index (χ0n) is 17.0. The second-order valence-electron chi connectivity index (χ2n) is 7.71. The summed E-state index contributed by atoms with van der Waals surface area (Å²) in [7, 11) is 0. The van der Waals surface area contributed by atoms with Crippen LogP contribution in [0.25, 0.3) is 0 Å². The number of nitrogens with zero attached hydrogens (tertiary/aromatic N) is 6. The van der Waals surface area contributed by atoms with Crippen molar-refractivity contribution in [1.82, 2.24) is 30.1 Å². The number of carbonyl (C=O) groups is 1. The number of carbonyl (C=O) groups excluding carboxylic acids is 1. The van der Waals surface area contributed by atoms with Crippen molar-refractivity contribution in [2.45, 2.75) is 52.1 Å². The summed E-state index contributed by atoms with van der Waals surface area (Å²) in [6.07, 6.45) is 4.77. The number of amides is 1. The van der Waals surface area contributed by atoms with Gasteiger partial charge in [-0.15, -0.1) is 5.10 Å². The molecule has 1 aromatic carbocycles. The van der Waals surface area contributed by atoms with Gasteiger partial charge in [0.15, 0.2) is 0 Å². The first-order valence-corrected chi connectivity index (χ1v) is 10.1. The van der Waals surface area contributed by atoms with Gasteiger partial charge >= 0.3 is 0 Å². The van der Waals surface area contributed by atoms with Gasteiger partial charge in [-0.1, -0.05) is 24.3 Å². The van der Waals surface area contributed by atoms with Crippen LogP contribution in [0.5, 0.6) is 0 Å². The molecule has 3 heterocycles. The normalized spacial score (nSPS) is 16.3. The molecule has 0 aliphatic carbocycles. The van der Waals surface area contributed by atoms with Crippen molar-refractivity contribution >= 4 is 5.91 Å². The van der Waals surface area contributed by atoms with Gasteiger partial charge in [-0.3, -0.25) is 9.78 Å². The minimum atomic E-state index is 0.0480. The van der Waals surface area contributed by atoms with E-state index < -0.39 is 0 Å². The molecule has 1 aliphatic heterocycles. The van der Waals surface area contributed by atoms with Crippen molar-refractivity contribution in [3.05, 3.63) is 70.8 Å². The third kappa shape index (κ3) is 4.50. The first-order chi connectivity index (χ1) is 14.1. The van der Waals surface area contributed by atoms with E-state index in [-0.39, 0.29) is 11.9 Å². The molecule has 1 saturated heterocycles. The molecule has 1 fully saturated rings. The van der Waals surface area contributed by atoms with Gasteiger partial charge in [-0.25, -0.2) is 4.68 Å². The molecule has 0 bridgehead atoms. The molecule has 0 spiro atoms. The molecule has 1 amide bonds. The monoisotopic (exact) mass is 390 g/mol. The van der Waals surface area contributed by atoms with Gasteiger partial charge < -0.3 is 4.90 Å². The van der Waals surface area contributed by atoms with Gasteiger partial charge in [0.25, 0.3) is 0 Å². The molecule has 29 heavy (non-hydrogen) atoms. The van der Waals surface area contributed by atoms with E-state index in [2.05, 4.69) is 58.8 Å². The molecule has 0 saturated carbocycles. The van der Waals surface area contributed by atoms with E-state index in [1.165, 1.54) is 23.0 Å². The third-order valence-corrected chi connectivity index (χ3v) is 5.55. The number of tetrazole rings is 1. The van der Waals surface area contributed by atoms with E-state index in [9.17, 15) is 4.79 Å². The Morgan fingerprint density at radius 1 is 1.21 bits per heavy atom. The highest BCUT2D eigenvalue weighted by Crippen LogP contribution is 2.32. The third-order valence-electron chi connectivity index (χ3n) is 5.55. The maximum Gasteiger partial charge on any atom is 0.225 e. The predicted molar refractivity (Wildman–Crippen MR) is 109 cm³/mol. The Labute approximate surface area is 170 Å². The number of aryl methyl sites for hydroxylation is 3. The highest BCUT2D eigenvalue weighted by Gasteiger charge is 2.31. The first kappa shape index (κ1) is 19.2. The van der Waals surface area contributed by atoms with E-state index in [4.69, 9.17) is 4.98 Å². The first-order valence-electron chi connectivity index (χ1n) is 10.1. The maximum absolute atomic E-state index is 12.8. The molecular weight excluding hydrogens is 364 g/mol. The number of benzene rings is 1. The van der Waals surface area contributed by atoms with Crippen LogP contribution >= 0.6 is 0 Å². The lowest BCUT2D eigenvalue weighted by atomic mass is 9.98. The average Bonchev–Trinajstić information content (AvgIpc) is 3.39. The van der Waals surface area contributed by atoms with E-state index in [0.717, 1.165) is 37.2 Å². The topological polar surface area (TPSA) is 76.8 Å². The number of aromatic nitrogens is 5. The number of hydrogen-bond acceptors (Lipinski definition) is 5. The summed E-state index contributed by atoms with van der Waals surface area (Å²) < 4.78 is 1.59. The Balaban J connectivity index is 1.51. The number of likely N-dealkylation sites (tertiary alicyclic amines) is 1. The highest BCUT2D eigenvalue weighted by atomic mass is 16.2. The second kappa shape index (κ2) is 8.51. The Morgan fingerprint density at radius 2 is 2.07 bits per heavy atom. The number of hydrogen-bond donors (Lipinski definition) is 0. The van der Waals surface area contributed by atoms with Crippen LogP contribution in [0.1, 0.15) is 53.4 Å². The Morgan fingerprint density at radius 3 is 2.86 bits per heavy atom. The zero-order chi connectivity index (χ0) is 20.2. The fourth-order valence-corrected chi connectivity index (χ4v) is 4.08. The lowest BCUT2D eigenvalue weighted by Gasteiger charge is -2.25. The fourth-order valence-electron chi connectivity index (χ4n) is 4.08. The fraction of sp³-hybridized carbons (Fsp3) is 0.409. The molecule has 7 heteroatoms. The van der Waals surface area contributed by atoms with Crippen LogP contribution in [-0.2, 0) is 17.8 Å². The second-order valence-corrected chi connectivity index (χ2v) is 7.71. The van der Waals surface area contributed by atoms with Crippen LogP contribution in [0.4, 0.5) is 0 Å². The number of pyridine rings is 1. The summed E-state index contributed by atoms with van der Waals surface area (Å²) in [5, 5.41) is 11.1. The van der Waals surface area contributed by atoms with E-state index in [1.54, 1.807) is 4.68 Å². The average molecular weight is 390 g/mol. The van der Waals surface area contributed by atoms with E-state index in [1.807, 2.05) is 11.8 Å². The summed E-state index contributed by atoms with van der Waals surface area (Å²) >= 11 is 0. The summed E-state index contributed by atoms with van der Waals surface area (Å²) in [6.45, 7) is 5.45. The van der Waals surface area contributed by atoms with Crippen LogP contribution in [0.15, 0.2) is 42.7 Å². The summed E-state index contributed by atoms with van der Waals surface area (Å²) in [5.74, 6) is 0.131. The smallest absolute Gasteiger partial charge is 0.225 e. The quantitative estimate of drug-likeness (QED) is 0.647. The van der Waals surface area contributed by atoms with Crippen LogP contribution in [-0.4, -0.2) is 42.5 Å². The molecule has 7 nitrogen and oxygen atoms in total. The van der Waals surface area contributed by atoms with Crippen molar-refractivity contribution in [1.29, 1.82) is 0 Å². The Bertz CT molecular complexity index is 985. The number of rotatable bonds is 6. The molecular formula is C22H26N6O. The lowest BCUT2D eigenvalue weighted by molar-refractivity contribution is -0.132. The van der Waals surface area contributed by atoms with Crippen LogP contribution in [0.3, 0.4) is 0 Å². The van der Waals surface area contributed by atoms with Crippen LogP contribution in [0.2, 0.25) is 0 Å². The molecule has 0 radical (unpaired) electrons. The van der Waals surface area contributed by atoms with E-state index >= 15 is 0 Å². The summed E-state index contributed by atoms with van der Waals surface area (Å²) in [6, 6.07) is 12.8. The van der Waals surface area contributed by atoms with Gasteiger partial charge in [0.05, 0.1) is 18.3 Å². The summed E-state index contributed by atoms with van der Waals surface area (Å²) in [5.41, 5.74) is 5.87. The molecule has 3 aromatic rings. The van der Waals surface area contributed by atoms with Crippen molar-refractivity contribution in [2.75, 3.05) is 6.54 Å². The predicted octanol–water partition coefficient (Wildman–Crippen LogP) is 3.03. The van der Waals surface area contributed by atoms with E-state index in [0.29, 0.717) is 13.0 Å². The van der Waals surface area contributed by atoms with Crippen LogP contribution in [0, 0.1) is 13.8 Å². The van der Waals surface area contributed by atoms with Crippen LogP contribution < -0.4 is 0 Å². The largest absolute Gasteiger partial charge is 0.334 e. The van der Waals surface area contributed by atoms with Gasteiger partial charge in [-0.05, 0) is 72.4 Å². The SMILES string of the molecule is Cc1cc(Cc2ccccc2C)cc(C2CCCN2C(=O)CCn2cnnn2)n1. The van der Waals surface area contributed by atoms with Gasteiger partial charge in [0.1, 0.15) is 6.33 Å². The Kier molecular flexibility index (Phi) is 5.64. The van der Waals surface area contributed by atoms with Gasteiger partial charge in [-0.2, -0.15) is 0 Å². The van der Waals surface area contributed by atoms with Gasteiger partial charge in [0, 0.05) is 18.7 Å². The molecule has 1 aliphatic rings. The van der Waals surface area contributed by atoms with Gasteiger partial charge in [0.2, 0.25) is 5.91 Å². The minimum Gasteiger partial charge on any atom is -0.334 e. The highest BCUT2D eigenvalue weighted by molar-refractivity contribution is 5.77. The molecule has 1 atom stereocenters. The van der Waals surface area contributed by atoms with Crippen molar-refractivity contribution in [3.63, 3.8) is 0 Å². The van der Waals surface area contributed by atoms with Crippen molar-refractivity contribution in [3.8, 4) is 0 Å². The zero-order valence-corrected chi connectivity index (χ0v) is 17.0. The molecule has 1 unspecified atom stereocenters. The lowest BCUT2D eigenvalue weighted by Crippen LogP contribution is -2.31. The Hall–Kier alpha value is -3.09. The standard InChI is InChI=1S/C22H26N6O/c1-16-6-3-4-7-19(16)13-18-12-17(2)24-20(14-18)21-8-5-10-28(21)22(29)9-11-27-15-23-25-26-27/h3-4,6-7,12,14-15,21H,5,8-11,13H2,1-2H3. The minimum absolute atomic E-state index is 0.0480. The molecule has 4 rings (SSSR count). The molecule has 0 N–H and O–H groups in total.